The minimum atomic E-state index is -0.847. The van der Waals surface area contributed by atoms with Gasteiger partial charge in [0.25, 0.3) is 6.02 Å². The van der Waals surface area contributed by atoms with Gasteiger partial charge in [-0.25, -0.2) is 9.98 Å². The number of ether oxygens (including phenoxy) is 3. The van der Waals surface area contributed by atoms with Crippen LogP contribution in [0.2, 0.25) is 0 Å². The van der Waals surface area contributed by atoms with E-state index in [-0.39, 0.29) is 18.4 Å². The van der Waals surface area contributed by atoms with E-state index in [2.05, 4.69) is 16.0 Å². The van der Waals surface area contributed by atoms with E-state index in [9.17, 15) is 5.11 Å². The fourth-order valence-corrected chi connectivity index (χ4v) is 3.99. The molecule has 7 nitrogen and oxygen atoms in total. The fourth-order valence-electron chi connectivity index (χ4n) is 3.99. The molecule has 3 aliphatic heterocycles. The van der Waals surface area contributed by atoms with Crippen molar-refractivity contribution in [3.05, 3.63) is 47.2 Å². The summed E-state index contributed by atoms with van der Waals surface area (Å²) in [6.45, 7) is 1.77. The van der Waals surface area contributed by atoms with Crippen LogP contribution in [0.3, 0.4) is 0 Å². The number of hydrogen-bond acceptors (Lipinski definition) is 7. The average Bonchev–Trinajstić information content (AvgIpc) is 3.06. The standard InChI is InChI=1S/C19H19N3O4/c20-18-22-19(10-25-18)14-8-13(23)1-2-16(14)26-17-15(19)7-12(9-21-17)11-3-5-24-6-4-11/h1-2,7-9,11,23H,3-6,10H2,(H2,20,22). The SMILES string of the molecule is NC1=NC2(CO1)c1cc(O)ccc1Oc1ncc(C3CCOCC3)cc12. The number of nitrogens with zero attached hydrogens (tertiary/aromatic N) is 2. The van der Waals surface area contributed by atoms with E-state index < -0.39 is 5.54 Å². The first-order valence-corrected chi connectivity index (χ1v) is 8.73. The third-order valence-corrected chi connectivity index (χ3v) is 5.36. The lowest BCUT2D eigenvalue weighted by molar-refractivity contribution is 0.0852. The molecule has 1 atom stereocenters. The third-order valence-electron chi connectivity index (χ3n) is 5.36. The van der Waals surface area contributed by atoms with Crippen molar-refractivity contribution >= 4 is 6.02 Å². The number of amidine groups is 1. The zero-order chi connectivity index (χ0) is 17.7. The van der Waals surface area contributed by atoms with Gasteiger partial charge in [-0.3, -0.25) is 0 Å². The summed E-state index contributed by atoms with van der Waals surface area (Å²) in [6.07, 6.45) is 3.80. The Hall–Kier alpha value is -2.80. The lowest BCUT2D eigenvalue weighted by atomic mass is 9.80. The van der Waals surface area contributed by atoms with E-state index in [1.807, 2.05) is 6.20 Å². The summed E-state index contributed by atoms with van der Waals surface area (Å²) in [5, 5.41) is 10.00. The predicted molar refractivity (Wildman–Crippen MR) is 93.6 cm³/mol. The minimum Gasteiger partial charge on any atom is -0.508 e. The maximum absolute atomic E-state index is 10.00. The van der Waals surface area contributed by atoms with E-state index in [4.69, 9.17) is 19.9 Å². The van der Waals surface area contributed by atoms with Crippen LogP contribution in [0.5, 0.6) is 17.4 Å². The maximum atomic E-state index is 10.00. The quantitative estimate of drug-likeness (QED) is 0.817. The van der Waals surface area contributed by atoms with Gasteiger partial charge in [-0.1, -0.05) is 0 Å². The lowest BCUT2D eigenvalue weighted by Gasteiger charge is -2.33. The highest BCUT2D eigenvalue weighted by Gasteiger charge is 2.48. The van der Waals surface area contributed by atoms with Crippen LogP contribution in [-0.4, -0.2) is 35.9 Å². The summed E-state index contributed by atoms with van der Waals surface area (Å²) in [6, 6.07) is 7.18. The molecule has 1 unspecified atom stereocenters. The number of aromatic hydroxyl groups is 1. The minimum absolute atomic E-state index is 0.128. The van der Waals surface area contributed by atoms with Crippen LogP contribution < -0.4 is 10.5 Å². The van der Waals surface area contributed by atoms with E-state index in [0.717, 1.165) is 42.7 Å². The summed E-state index contributed by atoms with van der Waals surface area (Å²) in [5.41, 5.74) is 7.70. The lowest BCUT2D eigenvalue weighted by Crippen LogP contribution is -2.31. The van der Waals surface area contributed by atoms with Gasteiger partial charge < -0.3 is 25.1 Å². The largest absolute Gasteiger partial charge is 0.508 e. The Morgan fingerprint density at radius 1 is 1.15 bits per heavy atom. The molecule has 3 aliphatic rings. The van der Waals surface area contributed by atoms with Crippen molar-refractivity contribution in [2.24, 2.45) is 10.7 Å². The zero-order valence-electron chi connectivity index (χ0n) is 14.1. The normalized spacial score (nSPS) is 24.4. The number of aromatic nitrogens is 1. The molecule has 0 saturated carbocycles. The van der Waals surface area contributed by atoms with E-state index in [1.54, 1.807) is 18.2 Å². The summed E-state index contributed by atoms with van der Waals surface area (Å²) in [5.74, 6) is 1.64. The molecule has 134 valence electrons. The molecule has 0 radical (unpaired) electrons. The summed E-state index contributed by atoms with van der Waals surface area (Å²) >= 11 is 0. The molecule has 1 fully saturated rings. The highest BCUT2D eigenvalue weighted by Crippen LogP contribution is 2.51. The van der Waals surface area contributed by atoms with Crippen LogP contribution >= 0.6 is 0 Å². The molecule has 3 N–H and O–H groups in total. The van der Waals surface area contributed by atoms with Crippen molar-refractivity contribution in [3.63, 3.8) is 0 Å². The van der Waals surface area contributed by atoms with E-state index >= 15 is 0 Å². The first kappa shape index (κ1) is 15.5. The number of rotatable bonds is 1. The van der Waals surface area contributed by atoms with Crippen LogP contribution in [0, 0.1) is 0 Å². The molecule has 1 saturated heterocycles. The van der Waals surface area contributed by atoms with Crippen molar-refractivity contribution in [2.45, 2.75) is 24.3 Å². The second-order valence-electron chi connectivity index (χ2n) is 6.89. The number of benzene rings is 1. The number of nitrogens with two attached hydrogens (primary N) is 1. The molecular weight excluding hydrogens is 334 g/mol. The zero-order valence-corrected chi connectivity index (χ0v) is 14.1. The Morgan fingerprint density at radius 2 is 2.00 bits per heavy atom. The average molecular weight is 353 g/mol. The number of phenolic OH excluding ortho intramolecular Hbond substituents is 1. The molecular formula is C19H19N3O4. The van der Waals surface area contributed by atoms with Gasteiger partial charge in [-0.2, -0.15) is 0 Å². The molecule has 7 heteroatoms. The molecule has 1 aromatic carbocycles. The molecule has 2 aromatic rings. The fraction of sp³-hybridized carbons (Fsp3) is 0.368. The predicted octanol–water partition coefficient (Wildman–Crippen LogP) is 2.38. The van der Waals surface area contributed by atoms with Crippen molar-refractivity contribution in [1.82, 2.24) is 4.98 Å². The highest BCUT2D eigenvalue weighted by molar-refractivity contribution is 5.76. The highest BCUT2D eigenvalue weighted by atomic mass is 16.5. The van der Waals surface area contributed by atoms with Gasteiger partial charge in [0.05, 0.1) is 5.56 Å². The van der Waals surface area contributed by atoms with Gasteiger partial charge >= 0.3 is 0 Å². The molecule has 5 rings (SSSR count). The van der Waals surface area contributed by atoms with Gasteiger partial charge in [0.1, 0.15) is 18.1 Å². The number of aliphatic imine (C=N–C) groups is 1. The molecule has 0 bridgehead atoms. The van der Waals surface area contributed by atoms with Crippen molar-refractivity contribution in [2.75, 3.05) is 19.8 Å². The first-order valence-electron chi connectivity index (χ1n) is 8.73. The summed E-state index contributed by atoms with van der Waals surface area (Å²) in [7, 11) is 0. The smallest absolute Gasteiger partial charge is 0.283 e. The Balaban J connectivity index is 1.68. The first-order chi connectivity index (χ1) is 12.7. The molecule has 4 heterocycles. The third kappa shape index (κ3) is 2.24. The molecule has 26 heavy (non-hydrogen) atoms. The van der Waals surface area contributed by atoms with Gasteiger partial charge in [0, 0.05) is 25.0 Å². The van der Waals surface area contributed by atoms with Crippen molar-refractivity contribution in [1.29, 1.82) is 0 Å². The van der Waals surface area contributed by atoms with Crippen molar-refractivity contribution in [3.8, 4) is 17.4 Å². The Morgan fingerprint density at radius 3 is 2.77 bits per heavy atom. The number of fused-ring (bicyclic) bond motifs is 4. The molecule has 0 aliphatic carbocycles. The van der Waals surface area contributed by atoms with E-state index in [0.29, 0.717) is 17.5 Å². The Bertz CT molecular complexity index is 908. The number of phenols is 1. The van der Waals surface area contributed by atoms with Crippen LogP contribution in [0.15, 0.2) is 35.5 Å². The summed E-state index contributed by atoms with van der Waals surface area (Å²) in [4.78, 5) is 9.17. The number of pyridine rings is 1. The second-order valence-corrected chi connectivity index (χ2v) is 6.89. The van der Waals surface area contributed by atoms with E-state index in [1.165, 1.54) is 0 Å². The van der Waals surface area contributed by atoms with Gasteiger partial charge in [0.15, 0.2) is 5.54 Å². The van der Waals surface area contributed by atoms with Crippen LogP contribution in [0.1, 0.15) is 35.4 Å². The Labute approximate surface area is 150 Å². The topological polar surface area (TPSA) is 99.2 Å². The maximum Gasteiger partial charge on any atom is 0.283 e. The molecule has 1 spiro atoms. The van der Waals surface area contributed by atoms with Gasteiger partial charge in [-0.05, 0) is 48.6 Å². The second kappa shape index (κ2) is 5.60. The van der Waals surface area contributed by atoms with Gasteiger partial charge in [-0.15, -0.1) is 0 Å². The summed E-state index contributed by atoms with van der Waals surface area (Å²) < 4.78 is 17.0. The van der Waals surface area contributed by atoms with Crippen LogP contribution in [-0.2, 0) is 15.0 Å². The number of hydrogen-bond donors (Lipinski definition) is 2. The van der Waals surface area contributed by atoms with Crippen molar-refractivity contribution < 1.29 is 19.3 Å². The van der Waals surface area contributed by atoms with Gasteiger partial charge in [0.2, 0.25) is 5.88 Å². The Kier molecular flexibility index (Phi) is 3.33. The monoisotopic (exact) mass is 353 g/mol. The van der Waals surface area contributed by atoms with Crippen LogP contribution in [0.25, 0.3) is 0 Å². The molecule has 1 aromatic heterocycles. The molecule has 0 amide bonds. The van der Waals surface area contributed by atoms with Crippen LogP contribution in [0.4, 0.5) is 0 Å².